The molecule has 6 heteroatoms. The summed E-state index contributed by atoms with van der Waals surface area (Å²) in [5.74, 6) is 0. The molecule has 0 spiro atoms. The highest BCUT2D eigenvalue weighted by atomic mass is 32.2. The van der Waals surface area contributed by atoms with Crippen molar-refractivity contribution >= 4 is 10.2 Å². The van der Waals surface area contributed by atoms with Gasteiger partial charge in [-0.15, -0.1) is 0 Å². The van der Waals surface area contributed by atoms with Crippen molar-refractivity contribution in [3.05, 3.63) is 4.72 Å². The Morgan fingerprint density at radius 2 is 1.73 bits per heavy atom. The van der Waals surface area contributed by atoms with Gasteiger partial charge < -0.3 is 9.62 Å². The number of nitrogens with zero attached hydrogens (tertiary/aromatic N) is 3. The second-order valence-corrected chi connectivity index (χ2v) is 4.44. The van der Waals surface area contributed by atoms with Crippen LogP contribution >= 0.6 is 0 Å². The lowest BCUT2D eigenvalue weighted by atomic mass is 10.4. The number of piperazine rings is 1. The van der Waals surface area contributed by atoms with Crippen molar-refractivity contribution in [3.63, 3.8) is 0 Å². The van der Waals surface area contributed by atoms with E-state index in [1.54, 1.807) is 0 Å². The molecule has 0 aromatic carbocycles. The molecule has 3 aliphatic rings. The molecule has 2 bridgehead atoms. The standard InChI is InChI=1S/C5H10N3O2S/c9-11(10)6-5-7-1-3-8(11)4-2-7/h1-5H2/q-1. The molecule has 0 aromatic rings. The van der Waals surface area contributed by atoms with Gasteiger partial charge in [-0.25, -0.2) is 12.7 Å². The largest absolute Gasteiger partial charge is 0.523 e. The van der Waals surface area contributed by atoms with Crippen LogP contribution in [-0.2, 0) is 10.2 Å². The fraction of sp³-hybridized carbons (Fsp3) is 1.00. The molecule has 0 aliphatic carbocycles. The number of hydrogen-bond donors (Lipinski definition) is 0. The van der Waals surface area contributed by atoms with Gasteiger partial charge in [-0.2, -0.15) is 0 Å². The summed E-state index contributed by atoms with van der Waals surface area (Å²) in [5, 5.41) is 0. The first-order valence-electron chi connectivity index (χ1n) is 3.60. The fourth-order valence-corrected chi connectivity index (χ4v) is 2.44. The van der Waals surface area contributed by atoms with Crippen LogP contribution in [0.2, 0.25) is 0 Å². The first-order valence-corrected chi connectivity index (χ1v) is 4.99. The van der Waals surface area contributed by atoms with E-state index < -0.39 is 10.2 Å². The van der Waals surface area contributed by atoms with Crippen molar-refractivity contribution in [2.75, 3.05) is 32.8 Å². The normalized spacial score (nSPS) is 41.8. The molecule has 0 saturated carbocycles. The number of fused-ring (bicyclic) bond motifs is 4. The molecule has 0 aromatic heterocycles. The molecule has 11 heavy (non-hydrogen) atoms. The molecular weight excluding hydrogens is 166 g/mol. The SMILES string of the molecule is O=S1(=O)[N-]CN2CCN1CC2. The van der Waals surface area contributed by atoms with Crippen molar-refractivity contribution in [2.45, 2.75) is 0 Å². The third-order valence-corrected chi connectivity index (χ3v) is 3.54. The summed E-state index contributed by atoms with van der Waals surface area (Å²) in [6, 6.07) is 0. The van der Waals surface area contributed by atoms with Crippen LogP contribution in [0.3, 0.4) is 0 Å². The Morgan fingerprint density at radius 3 is 2.36 bits per heavy atom. The van der Waals surface area contributed by atoms with E-state index in [1.807, 2.05) is 4.90 Å². The second-order valence-electron chi connectivity index (χ2n) is 2.77. The lowest BCUT2D eigenvalue weighted by Gasteiger charge is -2.29. The number of rotatable bonds is 0. The highest BCUT2D eigenvalue weighted by Crippen LogP contribution is 2.18. The first kappa shape index (κ1) is 7.48. The molecule has 0 N–H and O–H groups in total. The third kappa shape index (κ3) is 1.26. The van der Waals surface area contributed by atoms with Crippen LogP contribution in [0.25, 0.3) is 4.72 Å². The van der Waals surface area contributed by atoms with E-state index in [0.29, 0.717) is 19.8 Å². The predicted molar refractivity (Wildman–Crippen MR) is 40.3 cm³/mol. The number of hydrogen-bond acceptors (Lipinski definition) is 3. The highest BCUT2D eigenvalue weighted by molar-refractivity contribution is 7.91. The van der Waals surface area contributed by atoms with Crippen molar-refractivity contribution < 1.29 is 8.42 Å². The van der Waals surface area contributed by atoms with Gasteiger partial charge in [0.2, 0.25) is 0 Å². The van der Waals surface area contributed by atoms with Crippen LogP contribution in [0.1, 0.15) is 0 Å². The van der Waals surface area contributed by atoms with E-state index in [4.69, 9.17) is 0 Å². The van der Waals surface area contributed by atoms with E-state index in [-0.39, 0.29) is 0 Å². The lowest BCUT2D eigenvalue weighted by molar-refractivity contribution is 0.217. The molecule has 5 nitrogen and oxygen atoms in total. The molecule has 3 saturated heterocycles. The third-order valence-electron chi connectivity index (χ3n) is 2.08. The average molecular weight is 176 g/mol. The first-order chi connectivity index (χ1) is 5.18. The summed E-state index contributed by atoms with van der Waals surface area (Å²) in [5.41, 5.74) is 0. The molecule has 0 atom stereocenters. The summed E-state index contributed by atoms with van der Waals surface area (Å²) in [6.07, 6.45) is 0. The minimum Gasteiger partial charge on any atom is -0.523 e. The molecule has 0 radical (unpaired) electrons. The Kier molecular flexibility index (Phi) is 1.64. The lowest BCUT2D eigenvalue weighted by Crippen LogP contribution is -2.43. The van der Waals surface area contributed by atoms with Crippen LogP contribution in [0.4, 0.5) is 0 Å². The van der Waals surface area contributed by atoms with Crippen LogP contribution in [-0.4, -0.2) is 50.5 Å². The maximum atomic E-state index is 11.2. The average Bonchev–Trinajstić information content (AvgIpc) is 2.21. The molecule has 3 fully saturated rings. The van der Waals surface area contributed by atoms with Crippen LogP contribution < -0.4 is 0 Å². The molecule has 0 amide bonds. The fourth-order valence-electron chi connectivity index (χ4n) is 1.34. The minimum atomic E-state index is -3.25. The topological polar surface area (TPSA) is 54.7 Å². The molecule has 3 heterocycles. The Balaban J connectivity index is 2.29. The zero-order valence-corrected chi connectivity index (χ0v) is 6.92. The van der Waals surface area contributed by atoms with Gasteiger partial charge in [0.1, 0.15) is 10.2 Å². The Morgan fingerprint density at radius 1 is 1.09 bits per heavy atom. The minimum absolute atomic E-state index is 0.346. The summed E-state index contributed by atoms with van der Waals surface area (Å²) in [4.78, 5) is 2.04. The second kappa shape index (κ2) is 2.41. The van der Waals surface area contributed by atoms with Crippen LogP contribution in [0.5, 0.6) is 0 Å². The Bertz CT molecular complexity index is 242. The molecule has 64 valence electrons. The zero-order valence-electron chi connectivity index (χ0n) is 6.10. The Hall–Kier alpha value is -0.170. The van der Waals surface area contributed by atoms with E-state index in [2.05, 4.69) is 4.72 Å². The van der Waals surface area contributed by atoms with Gasteiger partial charge in [0.15, 0.2) is 0 Å². The van der Waals surface area contributed by atoms with Gasteiger partial charge in [-0.05, 0) is 0 Å². The summed E-state index contributed by atoms with van der Waals surface area (Å²) < 4.78 is 27.4. The van der Waals surface area contributed by atoms with Gasteiger partial charge in [0.05, 0.1) is 0 Å². The smallest absolute Gasteiger partial charge is 0.137 e. The highest BCUT2D eigenvalue weighted by Gasteiger charge is 2.23. The van der Waals surface area contributed by atoms with Crippen molar-refractivity contribution in [1.29, 1.82) is 0 Å². The summed E-state index contributed by atoms with van der Waals surface area (Å²) >= 11 is 0. The van der Waals surface area contributed by atoms with Gasteiger partial charge in [0.25, 0.3) is 0 Å². The quantitative estimate of drug-likeness (QED) is 0.485. The van der Waals surface area contributed by atoms with Crippen LogP contribution in [0, 0.1) is 0 Å². The van der Waals surface area contributed by atoms with Crippen molar-refractivity contribution in [3.8, 4) is 0 Å². The van der Waals surface area contributed by atoms with Gasteiger partial charge >= 0.3 is 0 Å². The van der Waals surface area contributed by atoms with Crippen molar-refractivity contribution in [2.24, 2.45) is 0 Å². The van der Waals surface area contributed by atoms with E-state index >= 15 is 0 Å². The predicted octanol–water partition coefficient (Wildman–Crippen LogP) is -0.806. The van der Waals surface area contributed by atoms with E-state index in [1.165, 1.54) is 4.31 Å². The Labute approximate surface area is 66.2 Å². The maximum Gasteiger partial charge on any atom is 0.137 e. The molecular formula is C5H10N3O2S-. The zero-order chi connectivity index (χ0) is 7.90. The van der Waals surface area contributed by atoms with Crippen molar-refractivity contribution in [1.82, 2.24) is 9.21 Å². The van der Waals surface area contributed by atoms with E-state index in [0.717, 1.165) is 13.1 Å². The molecule has 3 aliphatic heterocycles. The summed E-state index contributed by atoms with van der Waals surface area (Å²) in [6.45, 7) is 3.20. The van der Waals surface area contributed by atoms with Gasteiger partial charge in [-0.1, -0.05) is 6.67 Å². The van der Waals surface area contributed by atoms with E-state index in [9.17, 15) is 8.42 Å². The molecule has 0 unspecified atom stereocenters. The summed E-state index contributed by atoms with van der Waals surface area (Å²) in [7, 11) is -3.25. The van der Waals surface area contributed by atoms with Gasteiger partial charge in [0, 0.05) is 26.2 Å². The van der Waals surface area contributed by atoms with Gasteiger partial charge in [-0.3, -0.25) is 0 Å². The van der Waals surface area contributed by atoms with Crippen LogP contribution in [0.15, 0.2) is 0 Å². The maximum absolute atomic E-state index is 11.2. The molecule has 3 rings (SSSR count). The monoisotopic (exact) mass is 176 g/mol.